The lowest BCUT2D eigenvalue weighted by Crippen LogP contribution is -1.86. The van der Waals surface area contributed by atoms with Gasteiger partial charge in [0, 0.05) is 5.56 Å². The Morgan fingerprint density at radius 1 is 0.615 bits per heavy atom. The highest BCUT2D eigenvalue weighted by atomic mass is 35.5. The molecule has 4 rings (SSSR count). The van der Waals surface area contributed by atoms with Gasteiger partial charge in [0.25, 0.3) is 0 Å². The van der Waals surface area contributed by atoms with Crippen molar-refractivity contribution in [1.29, 1.82) is 0 Å². The fourth-order valence-corrected chi connectivity index (χ4v) is 3.28. The summed E-state index contributed by atoms with van der Waals surface area (Å²) in [7, 11) is 0. The molecule has 0 aromatic heterocycles. The summed E-state index contributed by atoms with van der Waals surface area (Å²) in [6.45, 7) is 0. The van der Waals surface area contributed by atoms with Crippen LogP contribution in [-0.2, 0) is 0 Å². The standard InChI is InChI=1S/C24H16ClO/c25-24-22(15-21(16-23(24)26)18-10-5-2-6-11-18)20-13-7-12-19(14-20)17-8-3-1-4-9-17/h1,3-16,26H. The van der Waals surface area contributed by atoms with Gasteiger partial charge >= 0.3 is 0 Å². The first-order valence-corrected chi connectivity index (χ1v) is 8.75. The lowest BCUT2D eigenvalue weighted by molar-refractivity contribution is 0.476. The van der Waals surface area contributed by atoms with Crippen molar-refractivity contribution in [2.24, 2.45) is 0 Å². The second kappa shape index (κ2) is 7.07. The van der Waals surface area contributed by atoms with E-state index in [1.54, 1.807) is 6.07 Å². The molecule has 1 N–H and O–H groups in total. The minimum absolute atomic E-state index is 0.0807. The monoisotopic (exact) mass is 355 g/mol. The van der Waals surface area contributed by atoms with Crippen LogP contribution in [0.5, 0.6) is 5.75 Å². The van der Waals surface area contributed by atoms with Crippen LogP contribution in [0.4, 0.5) is 0 Å². The first kappa shape index (κ1) is 16.4. The Morgan fingerprint density at radius 3 is 2.04 bits per heavy atom. The van der Waals surface area contributed by atoms with Gasteiger partial charge in [0.1, 0.15) is 5.75 Å². The molecule has 0 amide bonds. The van der Waals surface area contributed by atoms with Gasteiger partial charge in [-0.15, -0.1) is 0 Å². The van der Waals surface area contributed by atoms with Crippen molar-refractivity contribution < 1.29 is 5.11 Å². The van der Waals surface area contributed by atoms with Crippen molar-refractivity contribution in [2.45, 2.75) is 0 Å². The molecule has 0 saturated carbocycles. The number of hydrogen-bond acceptors (Lipinski definition) is 1. The Labute approximate surface area is 158 Å². The van der Waals surface area contributed by atoms with Crippen LogP contribution in [0.1, 0.15) is 0 Å². The fraction of sp³-hybridized carbons (Fsp3) is 0. The molecule has 4 aromatic carbocycles. The van der Waals surface area contributed by atoms with E-state index in [4.69, 9.17) is 11.6 Å². The predicted molar refractivity (Wildman–Crippen MR) is 108 cm³/mol. The van der Waals surface area contributed by atoms with Gasteiger partial charge in [0.15, 0.2) is 0 Å². The maximum Gasteiger partial charge on any atom is 0.135 e. The summed E-state index contributed by atoms with van der Waals surface area (Å²) in [5.41, 5.74) is 5.96. The van der Waals surface area contributed by atoms with E-state index in [0.717, 1.165) is 33.4 Å². The molecule has 0 aliphatic carbocycles. The third-order valence-corrected chi connectivity index (χ3v) is 4.78. The van der Waals surface area contributed by atoms with E-state index >= 15 is 0 Å². The number of phenols is 1. The predicted octanol–water partition coefficient (Wildman–Crippen LogP) is 6.85. The SMILES string of the molecule is Oc1cc(-c2cc[c]cc2)cc(-c2cccc(-c3ccccc3)c2)c1Cl. The zero-order chi connectivity index (χ0) is 17.9. The first-order chi connectivity index (χ1) is 12.7. The smallest absolute Gasteiger partial charge is 0.135 e. The molecule has 2 heteroatoms. The van der Waals surface area contributed by atoms with Crippen molar-refractivity contribution in [3.8, 4) is 39.1 Å². The lowest BCUT2D eigenvalue weighted by Gasteiger charge is -2.12. The summed E-state index contributed by atoms with van der Waals surface area (Å²) in [5, 5.41) is 10.7. The Kier molecular flexibility index (Phi) is 4.47. The molecule has 1 nitrogen and oxygen atoms in total. The number of phenolic OH excluding ortho intramolecular Hbond substituents is 1. The number of halogens is 1. The molecular formula is C24H16ClO. The zero-order valence-corrected chi connectivity index (χ0v) is 14.7. The van der Waals surface area contributed by atoms with E-state index in [0.29, 0.717) is 5.02 Å². The molecule has 0 unspecified atom stereocenters. The van der Waals surface area contributed by atoms with Gasteiger partial charge in [0.2, 0.25) is 0 Å². The van der Waals surface area contributed by atoms with E-state index in [9.17, 15) is 5.11 Å². The highest BCUT2D eigenvalue weighted by molar-refractivity contribution is 6.35. The van der Waals surface area contributed by atoms with E-state index in [1.807, 2.05) is 60.7 Å². The minimum atomic E-state index is 0.0807. The average molecular weight is 356 g/mol. The van der Waals surface area contributed by atoms with E-state index in [2.05, 4.69) is 30.3 Å². The third-order valence-electron chi connectivity index (χ3n) is 4.39. The Morgan fingerprint density at radius 2 is 1.27 bits per heavy atom. The molecule has 0 atom stereocenters. The summed E-state index contributed by atoms with van der Waals surface area (Å²) in [4.78, 5) is 0. The van der Waals surface area contributed by atoms with Gasteiger partial charge in [0.05, 0.1) is 5.02 Å². The van der Waals surface area contributed by atoms with Crippen LogP contribution in [-0.4, -0.2) is 5.11 Å². The van der Waals surface area contributed by atoms with Gasteiger partial charge in [-0.1, -0.05) is 84.4 Å². The van der Waals surface area contributed by atoms with E-state index in [-0.39, 0.29) is 5.75 Å². The summed E-state index contributed by atoms with van der Waals surface area (Å²) >= 11 is 6.43. The van der Waals surface area contributed by atoms with Crippen molar-refractivity contribution in [1.82, 2.24) is 0 Å². The zero-order valence-electron chi connectivity index (χ0n) is 14.0. The van der Waals surface area contributed by atoms with Crippen molar-refractivity contribution in [3.05, 3.63) is 102 Å². The molecule has 125 valence electrons. The molecule has 0 saturated heterocycles. The lowest BCUT2D eigenvalue weighted by atomic mass is 9.96. The van der Waals surface area contributed by atoms with Gasteiger partial charge < -0.3 is 5.11 Å². The van der Waals surface area contributed by atoms with Gasteiger partial charge in [-0.3, -0.25) is 0 Å². The number of aromatic hydroxyl groups is 1. The van der Waals surface area contributed by atoms with Crippen molar-refractivity contribution >= 4 is 11.6 Å². The molecule has 0 heterocycles. The third kappa shape index (κ3) is 3.22. The Hall–Kier alpha value is -3.03. The first-order valence-electron chi connectivity index (χ1n) is 8.37. The highest BCUT2D eigenvalue weighted by Crippen LogP contribution is 2.39. The van der Waals surface area contributed by atoms with Crippen LogP contribution >= 0.6 is 11.6 Å². The van der Waals surface area contributed by atoms with Crippen LogP contribution in [0.25, 0.3) is 33.4 Å². The van der Waals surface area contributed by atoms with Crippen LogP contribution < -0.4 is 0 Å². The number of benzene rings is 4. The fourth-order valence-electron chi connectivity index (χ4n) is 3.06. The number of rotatable bonds is 3. The molecule has 0 aliphatic heterocycles. The van der Waals surface area contributed by atoms with Crippen LogP contribution in [0.2, 0.25) is 5.02 Å². The maximum absolute atomic E-state index is 10.4. The summed E-state index contributed by atoms with van der Waals surface area (Å²) in [6, 6.07) is 32.8. The minimum Gasteiger partial charge on any atom is -0.506 e. The molecule has 0 spiro atoms. The molecule has 0 aliphatic rings. The summed E-state index contributed by atoms with van der Waals surface area (Å²) in [5.74, 6) is 0.0807. The maximum atomic E-state index is 10.4. The van der Waals surface area contributed by atoms with Gasteiger partial charge in [-0.2, -0.15) is 0 Å². The van der Waals surface area contributed by atoms with Gasteiger partial charge in [-0.25, -0.2) is 0 Å². The second-order valence-electron chi connectivity index (χ2n) is 6.09. The molecule has 0 bridgehead atoms. The molecule has 4 aromatic rings. The van der Waals surface area contributed by atoms with Crippen LogP contribution in [0.15, 0.2) is 91.0 Å². The topological polar surface area (TPSA) is 20.2 Å². The van der Waals surface area contributed by atoms with Gasteiger partial charge in [-0.05, 0) is 52.1 Å². The van der Waals surface area contributed by atoms with Crippen molar-refractivity contribution in [3.63, 3.8) is 0 Å². The highest BCUT2D eigenvalue weighted by Gasteiger charge is 2.12. The largest absolute Gasteiger partial charge is 0.506 e. The quantitative estimate of drug-likeness (QED) is 0.426. The van der Waals surface area contributed by atoms with E-state index in [1.165, 1.54) is 0 Å². The molecule has 26 heavy (non-hydrogen) atoms. The average Bonchev–Trinajstić information content (AvgIpc) is 2.71. The molecular weight excluding hydrogens is 340 g/mol. The Bertz CT molecular complexity index is 1040. The van der Waals surface area contributed by atoms with Crippen LogP contribution in [0.3, 0.4) is 0 Å². The summed E-state index contributed by atoms with van der Waals surface area (Å²) < 4.78 is 0. The number of hydrogen-bond donors (Lipinski definition) is 1. The molecule has 0 fully saturated rings. The molecule has 1 radical (unpaired) electrons. The van der Waals surface area contributed by atoms with Crippen LogP contribution in [0, 0.1) is 6.07 Å². The second-order valence-corrected chi connectivity index (χ2v) is 6.47. The normalized spacial score (nSPS) is 10.7. The Balaban J connectivity index is 1.85. The van der Waals surface area contributed by atoms with Crippen molar-refractivity contribution in [2.75, 3.05) is 0 Å². The van der Waals surface area contributed by atoms with E-state index < -0.39 is 0 Å². The summed E-state index contributed by atoms with van der Waals surface area (Å²) in [6.07, 6.45) is 0.